The number of pyridine rings is 1. The molecule has 0 unspecified atom stereocenters. The fraction of sp³-hybridized carbons (Fsp3) is 0.125. The van der Waals surface area contributed by atoms with Crippen molar-refractivity contribution in [3.63, 3.8) is 0 Å². The third kappa shape index (κ3) is 5.52. The monoisotopic (exact) mass is 469 g/mol. The average Bonchev–Trinajstić information content (AvgIpc) is 2.80. The first-order valence-electron chi connectivity index (χ1n) is 9.92. The molecule has 164 valence electrons. The van der Waals surface area contributed by atoms with Crippen LogP contribution in [-0.4, -0.2) is 21.5 Å². The number of nitrogens with zero attached hydrogens (tertiary/aromatic N) is 3. The number of nitrogens with two attached hydrogens (primary N) is 1. The zero-order chi connectivity index (χ0) is 21.6. The van der Waals surface area contributed by atoms with Crippen molar-refractivity contribution in [2.75, 3.05) is 17.6 Å². The van der Waals surface area contributed by atoms with Crippen LogP contribution < -0.4 is 11.1 Å². The standard InChI is InChI=1S/C24H21ClFN5.ClH/c25-20-14-18(7-8-21(20)26)19-15-30-24(31-23(19)17-9-12-28-13-10-17)29-11-3-5-16-4-1-2-6-22(16)27;/h1-2,4,6-10,12-15H,3,5,11,27H2,(H,29,30,31);1H. The van der Waals surface area contributed by atoms with Crippen LogP contribution in [0, 0.1) is 5.82 Å². The fourth-order valence-corrected chi connectivity index (χ4v) is 3.49. The molecule has 0 atom stereocenters. The van der Waals surface area contributed by atoms with Gasteiger partial charge in [-0.2, -0.15) is 0 Å². The Labute approximate surface area is 197 Å². The van der Waals surface area contributed by atoms with Crippen molar-refractivity contribution in [1.82, 2.24) is 15.0 Å². The van der Waals surface area contributed by atoms with Crippen LogP contribution in [0.4, 0.5) is 16.0 Å². The minimum absolute atomic E-state index is 0. The first-order valence-corrected chi connectivity index (χ1v) is 10.3. The zero-order valence-corrected chi connectivity index (χ0v) is 18.7. The van der Waals surface area contributed by atoms with Gasteiger partial charge in [0, 0.05) is 41.9 Å². The summed E-state index contributed by atoms with van der Waals surface area (Å²) < 4.78 is 13.6. The summed E-state index contributed by atoms with van der Waals surface area (Å²) in [6.45, 7) is 0.700. The van der Waals surface area contributed by atoms with Crippen LogP contribution in [0.3, 0.4) is 0 Å². The molecule has 2 aromatic heterocycles. The van der Waals surface area contributed by atoms with E-state index in [0.29, 0.717) is 12.5 Å². The number of nitrogen functional groups attached to an aromatic ring is 1. The van der Waals surface area contributed by atoms with E-state index in [1.54, 1.807) is 30.7 Å². The van der Waals surface area contributed by atoms with Gasteiger partial charge in [0.1, 0.15) is 5.82 Å². The van der Waals surface area contributed by atoms with Crippen LogP contribution in [0.2, 0.25) is 5.02 Å². The third-order valence-electron chi connectivity index (χ3n) is 4.93. The summed E-state index contributed by atoms with van der Waals surface area (Å²) in [6, 6.07) is 16.2. The van der Waals surface area contributed by atoms with Crippen LogP contribution in [0.25, 0.3) is 22.4 Å². The topological polar surface area (TPSA) is 76.7 Å². The highest BCUT2D eigenvalue weighted by molar-refractivity contribution is 6.31. The van der Waals surface area contributed by atoms with E-state index in [4.69, 9.17) is 22.3 Å². The van der Waals surface area contributed by atoms with Crippen LogP contribution in [0.15, 0.2) is 73.2 Å². The van der Waals surface area contributed by atoms with Gasteiger partial charge in [-0.3, -0.25) is 4.98 Å². The van der Waals surface area contributed by atoms with Gasteiger partial charge in [0.2, 0.25) is 5.95 Å². The Hall–Kier alpha value is -3.22. The summed E-state index contributed by atoms with van der Waals surface area (Å²) in [5.74, 6) is 0.0546. The Balaban J connectivity index is 0.00000289. The number of hydrogen-bond acceptors (Lipinski definition) is 5. The highest BCUT2D eigenvalue weighted by atomic mass is 35.5. The molecule has 3 N–H and O–H groups in total. The van der Waals surface area contributed by atoms with Crippen LogP contribution in [-0.2, 0) is 6.42 Å². The highest BCUT2D eigenvalue weighted by Gasteiger charge is 2.13. The molecule has 0 saturated heterocycles. The van der Waals surface area contributed by atoms with E-state index in [-0.39, 0.29) is 17.4 Å². The summed E-state index contributed by atoms with van der Waals surface area (Å²) in [5.41, 5.74) is 11.0. The number of aromatic nitrogens is 3. The molecular weight excluding hydrogens is 448 g/mol. The molecular formula is C24H22Cl2FN5. The van der Waals surface area contributed by atoms with Crippen molar-refractivity contribution < 1.29 is 4.39 Å². The molecule has 8 heteroatoms. The lowest BCUT2D eigenvalue weighted by atomic mass is 10.0. The van der Waals surface area contributed by atoms with E-state index in [0.717, 1.165) is 46.5 Å². The number of aryl methyl sites for hydroxylation is 1. The molecule has 0 aliphatic rings. The third-order valence-corrected chi connectivity index (χ3v) is 5.22. The van der Waals surface area contributed by atoms with E-state index >= 15 is 0 Å². The lowest BCUT2D eigenvalue weighted by Crippen LogP contribution is -2.08. The van der Waals surface area contributed by atoms with Gasteiger partial charge < -0.3 is 11.1 Å². The second-order valence-corrected chi connectivity index (χ2v) is 7.46. The number of hydrogen-bond donors (Lipinski definition) is 2. The largest absolute Gasteiger partial charge is 0.399 e. The minimum Gasteiger partial charge on any atom is -0.399 e. The maximum atomic E-state index is 13.6. The molecule has 0 bridgehead atoms. The molecule has 0 aliphatic carbocycles. The van der Waals surface area contributed by atoms with Crippen LogP contribution >= 0.6 is 24.0 Å². The van der Waals surface area contributed by atoms with E-state index in [1.165, 1.54) is 6.07 Å². The van der Waals surface area contributed by atoms with Crippen molar-refractivity contribution in [2.24, 2.45) is 0 Å². The second kappa shape index (κ2) is 10.9. The lowest BCUT2D eigenvalue weighted by molar-refractivity contribution is 0.628. The minimum atomic E-state index is -0.464. The molecule has 0 aliphatic heterocycles. The van der Waals surface area contributed by atoms with Crippen molar-refractivity contribution in [3.8, 4) is 22.4 Å². The first kappa shape index (κ1) is 23.4. The summed E-state index contributed by atoms with van der Waals surface area (Å²) in [6.07, 6.45) is 6.89. The van der Waals surface area contributed by atoms with Crippen LogP contribution in [0.5, 0.6) is 0 Å². The summed E-state index contributed by atoms with van der Waals surface area (Å²) in [7, 11) is 0. The molecule has 0 radical (unpaired) electrons. The molecule has 0 fully saturated rings. The van der Waals surface area contributed by atoms with Crippen molar-refractivity contribution in [1.29, 1.82) is 0 Å². The van der Waals surface area contributed by atoms with Gasteiger partial charge in [-0.05, 0) is 54.3 Å². The summed E-state index contributed by atoms with van der Waals surface area (Å²) in [4.78, 5) is 13.3. The Kier molecular flexibility index (Phi) is 7.98. The van der Waals surface area contributed by atoms with Crippen LogP contribution in [0.1, 0.15) is 12.0 Å². The van der Waals surface area contributed by atoms with Gasteiger partial charge in [0.15, 0.2) is 0 Å². The number of halogens is 3. The van der Waals surface area contributed by atoms with Crippen molar-refractivity contribution >= 4 is 35.6 Å². The van der Waals surface area contributed by atoms with Gasteiger partial charge >= 0.3 is 0 Å². The van der Waals surface area contributed by atoms with E-state index in [9.17, 15) is 4.39 Å². The quantitative estimate of drug-likeness (QED) is 0.254. The Morgan fingerprint density at radius 1 is 1.00 bits per heavy atom. The van der Waals surface area contributed by atoms with Gasteiger partial charge in [-0.25, -0.2) is 14.4 Å². The Morgan fingerprint density at radius 2 is 1.78 bits per heavy atom. The van der Waals surface area contributed by atoms with Gasteiger partial charge in [-0.15, -0.1) is 12.4 Å². The maximum absolute atomic E-state index is 13.6. The number of para-hydroxylation sites is 1. The fourth-order valence-electron chi connectivity index (χ4n) is 3.31. The lowest BCUT2D eigenvalue weighted by Gasteiger charge is -2.12. The molecule has 2 heterocycles. The first-order chi connectivity index (χ1) is 15.1. The zero-order valence-electron chi connectivity index (χ0n) is 17.1. The smallest absolute Gasteiger partial charge is 0.223 e. The molecule has 32 heavy (non-hydrogen) atoms. The van der Waals surface area contributed by atoms with E-state index < -0.39 is 5.82 Å². The Morgan fingerprint density at radius 3 is 2.53 bits per heavy atom. The number of nitrogens with one attached hydrogen (secondary N) is 1. The van der Waals surface area contributed by atoms with Crippen molar-refractivity contribution in [2.45, 2.75) is 12.8 Å². The molecule has 0 spiro atoms. The normalized spacial score (nSPS) is 10.4. The molecule has 0 amide bonds. The summed E-state index contributed by atoms with van der Waals surface area (Å²) in [5, 5.41) is 3.34. The summed E-state index contributed by atoms with van der Waals surface area (Å²) >= 11 is 5.99. The second-order valence-electron chi connectivity index (χ2n) is 7.05. The van der Waals surface area contributed by atoms with Gasteiger partial charge in [0.05, 0.1) is 10.7 Å². The average molecular weight is 470 g/mol. The molecule has 0 saturated carbocycles. The predicted octanol–water partition coefficient (Wildman–Crippen LogP) is 6.05. The van der Waals surface area contributed by atoms with Gasteiger partial charge in [0.25, 0.3) is 0 Å². The van der Waals surface area contributed by atoms with E-state index in [1.807, 2.05) is 36.4 Å². The molecule has 2 aromatic carbocycles. The highest BCUT2D eigenvalue weighted by Crippen LogP contribution is 2.32. The molecule has 4 aromatic rings. The van der Waals surface area contributed by atoms with E-state index in [2.05, 4.69) is 15.3 Å². The molecule has 5 nitrogen and oxygen atoms in total. The predicted molar refractivity (Wildman–Crippen MR) is 131 cm³/mol. The number of anilines is 2. The Bertz CT molecular complexity index is 1190. The van der Waals surface area contributed by atoms with Crippen molar-refractivity contribution in [3.05, 3.63) is 89.6 Å². The SMILES string of the molecule is Cl.Nc1ccccc1CCCNc1ncc(-c2ccc(F)c(Cl)c2)c(-c2ccncc2)n1. The number of benzene rings is 2. The molecule has 4 rings (SSSR count). The number of rotatable bonds is 7. The van der Waals surface area contributed by atoms with Gasteiger partial charge in [-0.1, -0.05) is 35.9 Å². The maximum Gasteiger partial charge on any atom is 0.223 e.